The molecule has 16 heavy (non-hydrogen) atoms. The van der Waals surface area contributed by atoms with Crippen molar-refractivity contribution < 1.29 is 0 Å². The monoisotopic (exact) mass is 218 g/mol. The molecule has 1 N–H and O–H groups in total. The van der Waals surface area contributed by atoms with Crippen LogP contribution in [-0.2, 0) is 6.54 Å². The van der Waals surface area contributed by atoms with E-state index in [0.29, 0.717) is 6.04 Å². The molecule has 0 bridgehead atoms. The Balaban J connectivity index is 1.91. The molecule has 1 aromatic rings. The van der Waals surface area contributed by atoms with E-state index in [0.717, 1.165) is 18.4 Å². The Kier molecular flexibility index (Phi) is 3.59. The number of nitrogens with one attached hydrogen (secondary N) is 1. The van der Waals surface area contributed by atoms with Gasteiger partial charge in [0.1, 0.15) is 0 Å². The fraction of sp³-hybridized carbons (Fsp3) is 0.643. The molecule has 1 saturated carbocycles. The Morgan fingerprint density at radius 2 is 2.19 bits per heavy atom. The molecule has 0 aliphatic heterocycles. The smallest absolute Gasteiger partial charge is 0.0315 e. The van der Waals surface area contributed by atoms with Crippen LogP contribution in [0.1, 0.15) is 37.8 Å². The molecule has 1 fully saturated rings. The maximum atomic E-state index is 4.18. The van der Waals surface area contributed by atoms with E-state index >= 15 is 0 Å². The summed E-state index contributed by atoms with van der Waals surface area (Å²) in [6, 6.07) is 2.77. The van der Waals surface area contributed by atoms with Crippen LogP contribution >= 0.6 is 0 Å². The second-order valence-electron chi connectivity index (χ2n) is 5.20. The maximum absolute atomic E-state index is 4.18. The number of rotatable bonds is 3. The lowest BCUT2D eigenvalue weighted by Crippen LogP contribution is -2.32. The number of pyridine rings is 1. The van der Waals surface area contributed by atoms with Gasteiger partial charge >= 0.3 is 0 Å². The molecule has 0 aromatic carbocycles. The third-order valence-corrected chi connectivity index (χ3v) is 4.17. The Morgan fingerprint density at radius 3 is 2.81 bits per heavy atom. The minimum absolute atomic E-state index is 0.689. The topological polar surface area (TPSA) is 24.9 Å². The van der Waals surface area contributed by atoms with E-state index in [1.807, 2.05) is 12.4 Å². The van der Waals surface area contributed by atoms with Gasteiger partial charge in [-0.05, 0) is 48.8 Å². The van der Waals surface area contributed by atoms with Gasteiger partial charge in [0.2, 0.25) is 0 Å². The molecule has 2 rings (SSSR count). The summed E-state index contributed by atoms with van der Waals surface area (Å²) in [7, 11) is 0. The van der Waals surface area contributed by atoms with Gasteiger partial charge in [-0.1, -0.05) is 13.8 Å². The first-order valence-electron chi connectivity index (χ1n) is 6.31. The van der Waals surface area contributed by atoms with Gasteiger partial charge < -0.3 is 5.32 Å². The van der Waals surface area contributed by atoms with Gasteiger partial charge in [0.15, 0.2) is 0 Å². The van der Waals surface area contributed by atoms with Crippen LogP contribution in [0.4, 0.5) is 0 Å². The Morgan fingerprint density at radius 1 is 1.38 bits per heavy atom. The average Bonchev–Trinajstić information content (AvgIpc) is 2.59. The molecule has 1 aliphatic rings. The van der Waals surface area contributed by atoms with E-state index in [4.69, 9.17) is 0 Å². The van der Waals surface area contributed by atoms with Gasteiger partial charge in [0.05, 0.1) is 0 Å². The van der Waals surface area contributed by atoms with Crippen LogP contribution in [0, 0.1) is 18.8 Å². The third kappa shape index (κ3) is 2.43. The molecule has 0 spiro atoms. The predicted molar refractivity (Wildman–Crippen MR) is 67.2 cm³/mol. The molecule has 3 unspecified atom stereocenters. The SMILES string of the molecule is Cc1ccncc1CNC1CCC(C)C1C. The first-order valence-corrected chi connectivity index (χ1v) is 6.31. The van der Waals surface area contributed by atoms with Crippen molar-refractivity contribution in [2.45, 2.75) is 46.2 Å². The molecule has 0 saturated heterocycles. The summed E-state index contributed by atoms with van der Waals surface area (Å²) in [4.78, 5) is 4.18. The summed E-state index contributed by atoms with van der Waals surface area (Å²) in [5.41, 5.74) is 2.66. The summed E-state index contributed by atoms with van der Waals surface area (Å²) in [6.45, 7) is 7.84. The van der Waals surface area contributed by atoms with Crippen LogP contribution in [0.25, 0.3) is 0 Å². The number of aromatic nitrogens is 1. The second-order valence-corrected chi connectivity index (χ2v) is 5.20. The second kappa shape index (κ2) is 4.96. The van der Waals surface area contributed by atoms with Gasteiger partial charge in [-0.25, -0.2) is 0 Å². The van der Waals surface area contributed by atoms with Gasteiger partial charge in [0, 0.05) is 25.0 Å². The normalized spacial score (nSPS) is 29.6. The van der Waals surface area contributed by atoms with E-state index in [9.17, 15) is 0 Å². The van der Waals surface area contributed by atoms with Crippen LogP contribution in [0.2, 0.25) is 0 Å². The summed E-state index contributed by atoms with van der Waals surface area (Å²) < 4.78 is 0. The van der Waals surface area contributed by atoms with E-state index in [2.05, 4.69) is 37.1 Å². The minimum atomic E-state index is 0.689. The summed E-state index contributed by atoms with van der Waals surface area (Å²) in [6.07, 6.45) is 6.52. The maximum Gasteiger partial charge on any atom is 0.0315 e. The zero-order valence-electron chi connectivity index (χ0n) is 10.5. The Bertz CT molecular complexity index is 348. The van der Waals surface area contributed by atoms with E-state index in [1.165, 1.54) is 24.0 Å². The van der Waals surface area contributed by atoms with Crippen LogP contribution in [0.5, 0.6) is 0 Å². The first kappa shape index (κ1) is 11.6. The third-order valence-electron chi connectivity index (χ3n) is 4.17. The fourth-order valence-electron chi connectivity index (χ4n) is 2.58. The van der Waals surface area contributed by atoms with Crippen LogP contribution in [-0.4, -0.2) is 11.0 Å². The molecule has 88 valence electrons. The molecular formula is C14H22N2. The lowest BCUT2D eigenvalue weighted by Gasteiger charge is -2.20. The zero-order valence-corrected chi connectivity index (χ0v) is 10.5. The number of hydrogen-bond donors (Lipinski definition) is 1. The van der Waals surface area contributed by atoms with Crippen molar-refractivity contribution in [1.29, 1.82) is 0 Å². The van der Waals surface area contributed by atoms with Crippen LogP contribution in [0.15, 0.2) is 18.5 Å². The minimum Gasteiger partial charge on any atom is -0.310 e. The lowest BCUT2D eigenvalue weighted by atomic mass is 9.97. The molecule has 2 nitrogen and oxygen atoms in total. The predicted octanol–water partition coefficient (Wildman–Crippen LogP) is 2.91. The van der Waals surface area contributed by atoms with Gasteiger partial charge in [-0.15, -0.1) is 0 Å². The zero-order chi connectivity index (χ0) is 11.5. The lowest BCUT2D eigenvalue weighted by molar-refractivity contribution is 0.369. The molecule has 0 radical (unpaired) electrons. The van der Waals surface area contributed by atoms with E-state index in [-0.39, 0.29) is 0 Å². The molecule has 1 aromatic heterocycles. The van der Waals surface area contributed by atoms with Crippen molar-refractivity contribution in [1.82, 2.24) is 10.3 Å². The number of hydrogen-bond acceptors (Lipinski definition) is 2. The molecule has 0 amide bonds. The number of aryl methyl sites for hydroxylation is 1. The van der Waals surface area contributed by atoms with Gasteiger partial charge in [0.25, 0.3) is 0 Å². The quantitative estimate of drug-likeness (QED) is 0.843. The van der Waals surface area contributed by atoms with Crippen LogP contribution in [0.3, 0.4) is 0 Å². The fourth-order valence-corrected chi connectivity index (χ4v) is 2.58. The van der Waals surface area contributed by atoms with Crippen LogP contribution < -0.4 is 5.32 Å². The van der Waals surface area contributed by atoms with E-state index in [1.54, 1.807) is 0 Å². The van der Waals surface area contributed by atoms with Gasteiger partial charge in [-0.3, -0.25) is 4.98 Å². The van der Waals surface area contributed by atoms with Crippen molar-refractivity contribution in [3.05, 3.63) is 29.6 Å². The molecule has 3 atom stereocenters. The highest BCUT2D eigenvalue weighted by molar-refractivity contribution is 5.21. The highest BCUT2D eigenvalue weighted by Crippen LogP contribution is 2.31. The van der Waals surface area contributed by atoms with Crippen molar-refractivity contribution in [3.8, 4) is 0 Å². The largest absolute Gasteiger partial charge is 0.310 e. The first-order chi connectivity index (χ1) is 7.68. The molecule has 2 heteroatoms. The molecular weight excluding hydrogens is 196 g/mol. The van der Waals surface area contributed by atoms with Crippen molar-refractivity contribution in [2.75, 3.05) is 0 Å². The average molecular weight is 218 g/mol. The highest BCUT2D eigenvalue weighted by Gasteiger charge is 2.28. The molecule has 1 heterocycles. The van der Waals surface area contributed by atoms with Gasteiger partial charge in [-0.2, -0.15) is 0 Å². The molecule has 1 aliphatic carbocycles. The summed E-state index contributed by atoms with van der Waals surface area (Å²) in [5.74, 6) is 1.67. The Labute approximate surface area is 98.5 Å². The van der Waals surface area contributed by atoms with E-state index < -0.39 is 0 Å². The standard InChI is InChI=1S/C14H22N2/c1-10-4-5-14(12(10)3)16-9-13-8-15-7-6-11(13)2/h6-8,10,12,14,16H,4-5,9H2,1-3H3. The Hall–Kier alpha value is -0.890. The van der Waals surface area contributed by atoms with Crippen molar-refractivity contribution in [2.24, 2.45) is 11.8 Å². The summed E-state index contributed by atoms with van der Waals surface area (Å²) >= 11 is 0. The van der Waals surface area contributed by atoms with Crippen molar-refractivity contribution >= 4 is 0 Å². The van der Waals surface area contributed by atoms with Crippen molar-refractivity contribution in [3.63, 3.8) is 0 Å². The number of nitrogens with zero attached hydrogens (tertiary/aromatic N) is 1. The summed E-state index contributed by atoms with van der Waals surface area (Å²) in [5, 5.41) is 3.68. The highest BCUT2D eigenvalue weighted by atomic mass is 14.9.